The molecule has 0 saturated heterocycles. The smallest absolute Gasteiger partial charge is 0.261 e. The number of rotatable bonds is 4. The van der Waals surface area contributed by atoms with Gasteiger partial charge in [-0.05, 0) is 30.3 Å². The molecule has 1 aromatic heterocycles. The summed E-state index contributed by atoms with van der Waals surface area (Å²) in [5, 5.41) is 2.71. The molecule has 0 bridgehead atoms. The average Bonchev–Trinajstić information content (AvgIpc) is 2.40. The monoisotopic (exact) mass is 365 g/mol. The van der Waals surface area contributed by atoms with Gasteiger partial charge in [-0.15, -0.1) is 0 Å². The molecule has 0 saturated carbocycles. The van der Waals surface area contributed by atoms with Crippen molar-refractivity contribution in [1.82, 2.24) is 4.57 Å². The average molecular weight is 366 g/mol. The molecule has 2 rings (SSSR count). The van der Waals surface area contributed by atoms with Crippen molar-refractivity contribution in [2.24, 2.45) is 5.73 Å². The van der Waals surface area contributed by atoms with E-state index in [-0.39, 0.29) is 28.6 Å². The first kappa shape index (κ1) is 15.4. The Morgan fingerprint density at radius 3 is 2.76 bits per heavy atom. The summed E-state index contributed by atoms with van der Waals surface area (Å²) in [7, 11) is 0. The number of nitrogens with one attached hydrogen (secondary N) is 1. The van der Waals surface area contributed by atoms with Crippen molar-refractivity contribution in [1.29, 1.82) is 0 Å². The van der Waals surface area contributed by atoms with Gasteiger partial charge >= 0.3 is 0 Å². The van der Waals surface area contributed by atoms with Crippen molar-refractivity contribution < 1.29 is 4.79 Å². The largest absolute Gasteiger partial charge is 0.389 e. The van der Waals surface area contributed by atoms with Gasteiger partial charge < -0.3 is 15.6 Å². The third-order valence-electron chi connectivity index (χ3n) is 2.71. The van der Waals surface area contributed by atoms with Crippen molar-refractivity contribution in [3.8, 4) is 0 Å². The van der Waals surface area contributed by atoms with Crippen molar-refractivity contribution >= 4 is 44.7 Å². The number of pyridine rings is 1. The lowest BCUT2D eigenvalue weighted by Crippen LogP contribution is -2.32. The van der Waals surface area contributed by atoms with Crippen LogP contribution >= 0.6 is 28.1 Å². The van der Waals surface area contributed by atoms with E-state index in [9.17, 15) is 9.59 Å². The van der Waals surface area contributed by atoms with Gasteiger partial charge in [0.25, 0.3) is 5.56 Å². The second-order valence-corrected chi connectivity index (χ2v) is 5.63. The lowest BCUT2D eigenvalue weighted by Gasteiger charge is -2.08. The van der Waals surface area contributed by atoms with E-state index in [0.29, 0.717) is 5.69 Å². The summed E-state index contributed by atoms with van der Waals surface area (Å²) in [4.78, 5) is 24.1. The van der Waals surface area contributed by atoms with Crippen LogP contribution in [0.1, 0.15) is 5.56 Å². The number of hydrogen-bond donors (Lipinski definition) is 2. The Bertz CT molecular complexity index is 758. The SMILES string of the molecule is NC(=S)c1cccn(CC(=O)Nc2cccc(Br)c2)c1=O. The van der Waals surface area contributed by atoms with Crippen LogP contribution in [0.15, 0.2) is 51.9 Å². The number of amides is 1. The fourth-order valence-electron chi connectivity index (χ4n) is 1.77. The number of thiocarbonyl (C=S) groups is 1. The zero-order valence-corrected chi connectivity index (χ0v) is 13.3. The van der Waals surface area contributed by atoms with Crippen LogP contribution in [0, 0.1) is 0 Å². The van der Waals surface area contributed by atoms with Gasteiger partial charge in [-0.25, -0.2) is 0 Å². The second kappa shape index (κ2) is 6.64. The molecule has 0 spiro atoms. The van der Waals surface area contributed by atoms with Crippen LogP contribution in [0.3, 0.4) is 0 Å². The molecule has 2 aromatic rings. The van der Waals surface area contributed by atoms with Crippen molar-refractivity contribution in [3.05, 3.63) is 63.0 Å². The Balaban J connectivity index is 2.15. The van der Waals surface area contributed by atoms with Crippen LogP contribution in [0.2, 0.25) is 0 Å². The van der Waals surface area contributed by atoms with E-state index in [0.717, 1.165) is 4.47 Å². The van der Waals surface area contributed by atoms with Crippen LogP contribution in [-0.2, 0) is 11.3 Å². The topological polar surface area (TPSA) is 77.1 Å². The highest BCUT2D eigenvalue weighted by Gasteiger charge is 2.09. The molecule has 1 aromatic carbocycles. The highest BCUT2D eigenvalue weighted by molar-refractivity contribution is 9.10. The summed E-state index contributed by atoms with van der Waals surface area (Å²) >= 11 is 8.12. The Kier molecular flexibility index (Phi) is 4.87. The quantitative estimate of drug-likeness (QED) is 0.811. The molecule has 0 unspecified atom stereocenters. The Morgan fingerprint density at radius 2 is 2.10 bits per heavy atom. The molecule has 0 aliphatic heterocycles. The minimum absolute atomic E-state index is 0.0155. The Hall–Kier alpha value is -1.99. The van der Waals surface area contributed by atoms with Gasteiger partial charge in [0, 0.05) is 16.4 Å². The molecule has 5 nitrogen and oxygen atoms in total. The van der Waals surface area contributed by atoms with E-state index in [4.69, 9.17) is 18.0 Å². The summed E-state index contributed by atoms with van der Waals surface area (Å²) in [5.74, 6) is -0.310. The minimum Gasteiger partial charge on any atom is -0.389 e. The van der Waals surface area contributed by atoms with Gasteiger partial charge in [-0.2, -0.15) is 0 Å². The summed E-state index contributed by atoms with van der Waals surface area (Å²) in [6, 6.07) is 10.4. The van der Waals surface area contributed by atoms with E-state index < -0.39 is 0 Å². The molecule has 1 amide bonds. The molecule has 1 heterocycles. The molecule has 3 N–H and O–H groups in total. The van der Waals surface area contributed by atoms with Gasteiger partial charge in [0.05, 0.1) is 5.56 Å². The summed E-state index contributed by atoms with van der Waals surface area (Å²) in [6.07, 6.45) is 1.52. The number of nitrogens with zero attached hydrogens (tertiary/aromatic N) is 1. The van der Waals surface area contributed by atoms with Crippen LogP contribution in [0.25, 0.3) is 0 Å². The van der Waals surface area contributed by atoms with Gasteiger partial charge in [-0.1, -0.05) is 34.2 Å². The van der Waals surface area contributed by atoms with Gasteiger partial charge in [0.2, 0.25) is 5.91 Å². The standard InChI is InChI=1S/C14H12BrN3O2S/c15-9-3-1-4-10(7-9)17-12(19)8-18-6-2-5-11(13(16)21)14(18)20/h1-7H,8H2,(H2,16,21)(H,17,19). The molecular weight excluding hydrogens is 354 g/mol. The summed E-state index contributed by atoms with van der Waals surface area (Å²) < 4.78 is 2.12. The number of carbonyl (C=O) groups is 1. The van der Waals surface area contributed by atoms with Crippen molar-refractivity contribution in [3.63, 3.8) is 0 Å². The molecule has 108 valence electrons. The predicted molar refractivity (Wildman–Crippen MR) is 89.4 cm³/mol. The zero-order chi connectivity index (χ0) is 15.4. The fraction of sp³-hybridized carbons (Fsp3) is 0.0714. The molecule has 0 atom stereocenters. The van der Waals surface area contributed by atoms with E-state index in [1.54, 1.807) is 24.3 Å². The van der Waals surface area contributed by atoms with Crippen molar-refractivity contribution in [2.45, 2.75) is 6.54 Å². The summed E-state index contributed by atoms with van der Waals surface area (Å²) in [5.41, 5.74) is 5.96. The van der Waals surface area contributed by atoms with E-state index >= 15 is 0 Å². The second-order valence-electron chi connectivity index (χ2n) is 4.28. The maximum absolute atomic E-state index is 12.1. The predicted octanol–water partition coefficient (Wildman–Crippen LogP) is 1.88. The first-order valence-electron chi connectivity index (χ1n) is 6.02. The van der Waals surface area contributed by atoms with Gasteiger partial charge in [0.15, 0.2) is 0 Å². The molecule has 0 aliphatic carbocycles. The number of anilines is 1. The lowest BCUT2D eigenvalue weighted by molar-refractivity contribution is -0.116. The van der Waals surface area contributed by atoms with E-state index in [1.165, 1.54) is 16.8 Å². The molecule has 7 heteroatoms. The third-order valence-corrected chi connectivity index (χ3v) is 3.42. The maximum atomic E-state index is 12.1. The molecular formula is C14H12BrN3O2S. The normalized spacial score (nSPS) is 10.1. The first-order chi connectivity index (χ1) is 9.97. The Labute approximate surface area is 134 Å². The number of carbonyl (C=O) groups excluding carboxylic acids is 1. The maximum Gasteiger partial charge on any atom is 0.261 e. The summed E-state index contributed by atoms with van der Waals surface area (Å²) in [6.45, 7) is -0.109. The number of hydrogen-bond acceptors (Lipinski definition) is 3. The first-order valence-corrected chi connectivity index (χ1v) is 7.22. The number of benzene rings is 1. The van der Waals surface area contributed by atoms with Crippen molar-refractivity contribution in [2.75, 3.05) is 5.32 Å². The molecule has 0 fully saturated rings. The fourth-order valence-corrected chi connectivity index (χ4v) is 2.32. The number of aromatic nitrogens is 1. The van der Waals surface area contributed by atoms with Gasteiger partial charge in [0.1, 0.15) is 11.5 Å². The van der Waals surface area contributed by atoms with Crippen LogP contribution in [0.5, 0.6) is 0 Å². The molecule has 21 heavy (non-hydrogen) atoms. The van der Waals surface area contributed by atoms with Crippen LogP contribution in [0.4, 0.5) is 5.69 Å². The third kappa shape index (κ3) is 3.99. The van der Waals surface area contributed by atoms with Gasteiger partial charge in [-0.3, -0.25) is 9.59 Å². The zero-order valence-electron chi connectivity index (χ0n) is 10.9. The van der Waals surface area contributed by atoms with Crippen LogP contribution < -0.4 is 16.6 Å². The minimum atomic E-state index is -0.380. The molecule has 0 radical (unpaired) electrons. The Morgan fingerprint density at radius 1 is 1.33 bits per heavy atom. The lowest BCUT2D eigenvalue weighted by atomic mass is 10.2. The van der Waals surface area contributed by atoms with E-state index in [2.05, 4.69) is 21.2 Å². The number of nitrogens with two attached hydrogens (primary N) is 1. The van der Waals surface area contributed by atoms with E-state index in [1.807, 2.05) is 6.07 Å². The van der Waals surface area contributed by atoms with Crippen LogP contribution in [-0.4, -0.2) is 15.5 Å². The highest BCUT2D eigenvalue weighted by Crippen LogP contribution is 2.15. The number of halogens is 1. The molecule has 0 aliphatic rings. The highest BCUT2D eigenvalue weighted by atomic mass is 79.9.